The van der Waals surface area contributed by atoms with Crippen molar-refractivity contribution in [3.63, 3.8) is 0 Å². The molecule has 1 aliphatic heterocycles. The standard InChI is InChI=1S/C15H31N3O/c1-13(2,14(3,4)16)12(19)17-11-15(5)7-9-18(6)10-8-15/h7-11,16H2,1-6H3,(H,17,19). The fraction of sp³-hybridized carbons (Fsp3) is 0.933. The zero-order valence-electron chi connectivity index (χ0n) is 13.5. The number of carbonyl (C=O) groups excluding carboxylic acids is 1. The van der Waals surface area contributed by atoms with Gasteiger partial charge in [-0.3, -0.25) is 4.79 Å². The lowest BCUT2D eigenvalue weighted by Gasteiger charge is -2.41. The summed E-state index contributed by atoms with van der Waals surface area (Å²) in [6.07, 6.45) is 2.27. The van der Waals surface area contributed by atoms with Crippen LogP contribution in [0.25, 0.3) is 0 Å². The summed E-state index contributed by atoms with van der Waals surface area (Å²) in [5.74, 6) is 0.0557. The van der Waals surface area contributed by atoms with Crippen molar-refractivity contribution in [2.24, 2.45) is 16.6 Å². The molecule has 1 saturated heterocycles. The fourth-order valence-corrected chi connectivity index (χ4v) is 2.14. The van der Waals surface area contributed by atoms with E-state index in [1.807, 2.05) is 27.7 Å². The molecule has 1 heterocycles. The van der Waals surface area contributed by atoms with Crippen molar-refractivity contribution in [1.29, 1.82) is 0 Å². The smallest absolute Gasteiger partial charge is 0.227 e. The number of nitrogens with two attached hydrogens (primary N) is 1. The first-order chi connectivity index (χ1) is 8.48. The molecule has 0 aromatic rings. The lowest BCUT2D eigenvalue weighted by molar-refractivity contribution is -0.132. The zero-order chi connectivity index (χ0) is 14.9. The van der Waals surface area contributed by atoms with Crippen molar-refractivity contribution in [2.75, 3.05) is 26.7 Å². The molecular weight excluding hydrogens is 238 g/mol. The van der Waals surface area contributed by atoms with Crippen molar-refractivity contribution < 1.29 is 4.79 Å². The van der Waals surface area contributed by atoms with Gasteiger partial charge in [-0.05, 0) is 66.1 Å². The van der Waals surface area contributed by atoms with E-state index in [4.69, 9.17) is 5.73 Å². The molecule has 0 radical (unpaired) electrons. The predicted molar refractivity (Wildman–Crippen MR) is 79.9 cm³/mol. The van der Waals surface area contributed by atoms with Gasteiger partial charge in [0.25, 0.3) is 0 Å². The minimum absolute atomic E-state index is 0.0557. The van der Waals surface area contributed by atoms with Crippen molar-refractivity contribution in [2.45, 2.75) is 53.0 Å². The van der Waals surface area contributed by atoms with Crippen LogP contribution < -0.4 is 11.1 Å². The van der Waals surface area contributed by atoms with Crippen LogP contribution >= 0.6 is 0 Å². The maximum atomic E-state index is 12.4. The molecule has 0 bridgehead atoms. The van der Waals surface area contributed by atoms with E-state index in [1.54, 1.807) is 0 Å². The average molecular weight is 269 g/mol. The van der Waals surface area contributed by atoms with E-state index in [-0.39, 0.29) is 11.3 Å². The Morgan fingerprint density at radius 3 is 2.16 bits per heavy atom. The summed E-state index contributed by atoms with van der Waals surface area (Å²) >= 11 is 0. The van der Waals surface area contributed by atoms with Gasteiger partial charge >= 0.3 is 0 Å². The number of amides is 1. The summed E-state index contributed by atoms with van der Waals surface area (Å²) in [7, 11) is 2.15. The van der Waals surface area contributed by atoms with Crippen molar-refractivity contribution in [3.05, 3.63) is 0 Å². The Labute approximate surface area is 118 Å². The lowest BCUT2D eigenvalue weighted by Crippen LogP contribution is -2.57. The summed E-state index contributed by atoms with van der Waals surface area (Å²) in [6, 6.07) is 0. The first-order valence-electron chi connectivity index (χ1n) is 7.24. The summed E-state index contributed by atoms with van der Waals surface area (Å²) in [5.41, 5.74) is 5.24. The van der Waals surface area contributed by atoms with Gasteiger partial charge in [0.1, 0.15) is 0 Å². The molecule has 0 spiro atoms. The maximum absolute atomic E-state index is 12.4. The summed E-state index contributed by atoms with van der Waals surface area (Å²) in [6.45, 7) is 12.9. The van der Waals surface area contributed by atoms with Crippen LogP contribution in [0.3, 0.4) is 0 Å². The van der Waals surface area contributed by atoms with Crippen LogP contribution in [0.5, 0.6) is 0 Å². The van der Waals surface area contributed by atoms with Gasteiger partial charge in [0.05, 0.1) is 5.41 Å². The fourth-order valence-electron chi connectivity index (χ4n) is 2.14. The van der Waals surface area contributed by atoms with E-state index in [0.29, 0.717) is 0 Å². The Kier molecular flexibility index (Phi) is 4.68. The topological polar surface area (TPSA) is 58.4 Å². The van der Waals surface area contributed by atoms with Gasteiger partial charge in [-0.15, -0.1) is 0 Å². The highest BCUT2D eigenvalue weighted by Gasteiger charge is 2.41. The largest absolute Gasteiger partial charge is 0.355 e. The molecule has 0 unspecified atom stereocenters. The van der Waals surface area contributed by atoms with E-state index in [9.17, 15) is 4.79 Å². The van der Waals surface area contributed by atoms with Gasteiger partial charge in [0.2, 0.25) is 5.91 Å². The summed E-state index contributed by atoms with van der Waals surface area (Å²) in [5, 5.41) is 3.12. The van der Waals surface area contributed by atoms with Crippen molar-refractivity contribution in [1.82, 2.24) is 10.2 Å². The third-order valence-corrected chi connectivity index (χ3v) is 5.05. The van der Waals surface area contributed by atoms with Crippen LogP contribution in [0.4, 0.5) is 0 Å². The quantitative estimate of drug-likeness (QED) is 0.815. The highest BCUT2D eigenvalue weighted by molar-refractivity contribution is 5.83. The van der Waals surface area contributed by atoms with Gasteiger partial charge in [0, 0.05) is 12.1 Å². The van der Waals surface area contributed by atoms with Crippen molar-refractivity contribution in [3.8, 4) is 0 Å². The number of rotatable bonds is 4. The van der Waals surface area contributed by atoms with Crippen LogP contribution in [-0.4, -0.2) is 43.0 Å². The second-order valence-electron chi connectivity index (χ2n) is 7.64. The summed E-state index contributed by atoms with van der Waals surface area (Å²) in [4.78, 5) is 14.7. The highest BCUT2D eigenvalue weighted by Crippen LogP contribution is 2.31. The lowest BCUT2D eigenvalue weighted by atomic mass is 9.74. The molecule has 0 aromatic heterocycles. The number of carbonyl (C=O) groups is 1. The van der Waals surface area contributed by atoms with Gasteiger partial charge in [-0.1, -0.05) is 6.92 Å². The van der Waals surface area contributed by atoms with Crippen LogP contribution in [0, 0.1) is 10.8 Å². The number of piperidine rings is 1. The third kappa shape index (κ3) is 3.93. The SMILES string of the molecule is CN1CCC(C)(CNC(=O)C(C)(C)C(C)(C)N)CC1. The molecule has 3 N–H and O–H groups in total. The van der Waals surface area contributed by atoms with Gasteiger partial charge < -0.3 is 16.0 Å². The molecule has 4 nitrogen and oxygen atoms in total. The van der Waals surface area contributed by atoms with E-state index in [1.165, 1.54) is 0 Å². The molecule has 0 saturated carbocycles. The monoisotopic (exact) mass is 269 g/mol. The Hall–Kier alpha value is -0.610. The highest BCUT2D eigenvalue weighted by atomic mass is 16.2. The minimum atomic E-state index is -0.561. The van der Waals surface area contributed by atoms with Gasteiger partial charge in [-0.2, -0.15) is 0 Å². The van der Waals surface area contributed by atoms with Crippen LogP contribution in [0.1, 0.15) is 47.5 Å². The Morgan fingerprint density at radius 2 is 1.74 bits per heavy atom. The Bertz CT molecular complexity index is 323. The molecule has 1 amide bonds. The molecule has 4 heteroatoms. The van der Waals surface area contributed by atoms with Crippen LogP contribution in [0.2, 0.25) is 0 Å². The zero-order valence-corrected chi connectivity index (χ0v) is 13.5. The Balaban J connectivity index is 2.55. The van der Waals surface area contributed by atoms with Crippen LogP contribution in [0.15, 0.2) is 0 Å². The van der Waals surface area contributed by atoms with Crippen LogP contribution in [-0.2, 0) is 4.79 Å². The normalized spacial score (nSPS) is 21.2. The van der Waals surface area contributed by atoms with Crippen molar-refractivity contribution >= 4 is 5.91 Å². The van der Waals surface area contributed by atoms with E-state index < -0.39 is 11.0 Å². The van der Waals surface area contributed by atoms with Gasteiger partial charge in [-0.25, -0.2) is 0 Å². The first-order valence-corrected chi connectivity index (χ1v) is 7.24. The number of hydrogen-bond acceptors (Lipinski definition) is 3. The van der Waals surface area contributed by atoms with E-state index in [0.717, 1.165) is 32.5 Å². The van der Waals surface area contributed by atoms with E-state index in [2.05, 4.69) is 24.2 Å². The third-order valence-electron chi connectivity index (χ3n) is 5.05. The maximum Gasteiger partial charge on any atom is 0.227 e. The second-order valence-corrected chi connectivity index (χ2v) is 7.64. The van der Waals surface area contributed by atoms with E-state index >= 15 is 0 Å². The molecule has 112 valence electrons. The minimum Gasteiger partial charge on any atom is -0.355 e. The number of likely N-dealkylation sites (tertiary alicyclic amines) is 1. The molecule has 0 aromatic carbocycles. The number of hydrogen-bond donors (Lipinski definition) is 2. The number of nitrogens with zero attached hydrogens (tertiary/aromatic N) is 1. The van der Waals surface area contributed by atoms with Gasteiger partial charge in [0.15, 0.2) is 0 Å². The Morgan fingerprint density at radius 1 is 1.26 bits per heavy atom. The molecule has 0 aliphatic carbocycles. The number of nitrogens with one attached hydrogen (secondary N) is 1. The first kappa shape index (κ1) is 16.4. The summed E-state index contributed by atoms with van der Waals surface area (Å²) < 4.78 is 0. The second kappa shape index (κ2) is 5.41. The molecule has 1 fully saturated rings. The molecule has 1 rings (SSSR count). The molecule has 0 atom stereocenters. The molecule has 19 heavy (non-hydrogen) atoms. The average Bonchev–Trinajstić information content (AvgIpc) is 2.29. The molecule has 1 aliphatic rings. The molecular formula is C15H31N3O. The predicted octanol–water partition coefficient (Wildman–Crippen LogP) is 1.60.